The molecule has 1 fully saturated rings. The second-order valence-corrected chi connectivity index (χ2v) is 6.88. The number of hydrogen-bond acceptors (Lipinski definition) is 3. The minimum absolute atomic E-state index is 0.0520. The van der Waals surface area contributed by atoms with Crippen molar-refractivity contribution >= 4 is 10.0 Å². The van der Waals surface area contributed by atoms with Crippen LogP contribution in [0, 0.1) is 24.2 Å². The molecule has 0 radical (unpaired) electrons. The highest BCUT2D eigenvalue weighted by Crippen LogP contribution is 2.30. The third-order valence-electron chi connectivity index (χ3n) is 3.80. The Balaban J connectivity index is 2.26. The van der Waals surface area contributed by atoms with Crippen LogP contribution in [0.2, 0.25) is 0 Å². The van der Waals surface area contributed by atoms with E-state index in [1.54, 1.807) is 19.1 Å². The van der Waals surface area contributed by atoms with Crippen LogP contribution in [-0.4, -0.2) is 14.5 Å². The molecular formula is C14H18N2O2S. The normalized spacial score (nSPS) is 17.5. The molecular weight excluding hydrogens is 260 g/mol. The fourth-order valence-electron chi connectivity index (χ4n) is 2.30. The van der Waals surface area contributed by atoms with Gasteiger partial charge in [-0.05, 0) is 50.3 Å². The van der Waals surface area contributed by atoms with Gasteiger partial charge < -0.3 is 0 Å². The first kappa shape index (κ1) is 14.0. The molecule has 0 amide bonds. The zero-order valence-electron chi connectivity index (χ0n) is 11.2. The van der Waals surface area contributed by atoms with Crippen LogP contribution in [-0.2, 0) is 10.0 Å². The summed E-state index contributed by atoms with van der Waals surface area (Å²) < 4.78 is 27.4. The Kier molecular flexibility index (Phi) is 3.93. The van der Waals surface area contributed by atoms with Gasteiger partial charge in [-0.2, -0.15) is 5.26 Å². The Labute approximate surface area is 114 Å². The van der Waals surface area contributed by atoms with Gasteiger partial charge in [0.25, 0.3) is 0 Å². The van der Waals surface area contributed by atoms with E-state index >= 15 is 0 Å². The maximum atomic E-state index is 12.4. The van der Waals surface area contributed by atoms with Crippen molar-refractivity contribution in [2.75, 3.05) is 0 Å². The smallest absolute Gasteiger partial charge is 0.208 e. The van der Waals surface area contributed by atoms with Gasteiger partial charge in [-0.3, -0.25) is 0 Å². The van der Waals surface area contributed by atoms with Gasteiger partial charge in [0.1, 0.15) is 0 Å². The molecule has 1 aromatic carbocycles. The monoisotopic (exact) mass is 278 g/mol. The zero-order valence-corrected chi connectivity index (χ0v) is 12.0. The molecule has 5 heteroatoms. The van der Waals surface area contributed by atoms with Crippen LogP contribution in [0.1, 0.15) is 37.3 Å². The van der Waals surface area contributed by atoms with Crippen molar-refractivity contribution in [1.82, 2.24) is 4.72 Å². The minimum Gasteiger partial charge on any atom is -0.208 e. The van der Waals surface area contributed by atoms with Crippen LogP contribution in [0.25, 0.3) is 0 Å². The molecule has 19 heavy (non-hydrogen) atoms. The van der Waals surface area contributed by atoms with Crippen molar-refractivity contribution in [3.8, 4) is 6.07 Å². The van der Waals surface area contributed by atoms with Crippen LogP contribution >= 0.6 is 0 Å². The van der Waals surface area contributed by atoms with E-state index in [4.69, 9.17) is 5.26 Å². The minimum atomic E-state index is -3.55. The SMILES string of the molecule is Cc1ccc(C#N)cc1S(=O)(=O)NC(C)C1CCC1. The van der Waals surface area contributed by atoms with Gasteiger partial charge in [0.05, 0.1) is 16.5 Å². The van der Waals surface area contributed by atoms with Crippen molar-refractivity contribution < 1.29 is 8.42 Å². The molecule has 0 spiro atoms. The first-order valence-electron chi connectivity index (χ1n) is 6.47. The summed E-state index contributed by atoms with van der Waals surface area (Å²) in [5.74, 6) is 0.439. The van der Waals surface area contributed by atoms with Gasteiger partial charge in [-0.15, -0.1) is 0 Å². The second kappa shape index (κ2) is 5.32. The van der Waals surface area contributed by atoms with E-state index in [1.165, 1.54) is 12.5 Å². The van der Waals surface area contributed by atoms with E-state index in [2.05, 4.69) is 4.72 Å². The Bertz CT molecular complexity index is 613. The predicted molar refractivity (Wildman–Crippen MR) is 73.0 cm³/mol. The highest BCUT2D eigenvalue weighted by Gasteiger charge is 2.28. The van der Waals surface area contributed by atoms with Gasteiger partial charge in [0, 0.05) is 6.04 Å². The highest BCUT2D eigenvalue weighted by atomic mass is 32.2. The van der Waals surface area contributed by atoms with Gasteiger partial charge in [0.2, 0.25) is 10.0 Å². The van der Waals surface area contributed by atoms with E-state index in [1.807, 2.05) is 13.0 Å². The first-order chi connectivity index (χ1) is 8.94. The van der Waals surface area contributed by atoms with E-state index < -0.39 is 10.0 Å². The molecule has 0 aromatic heterocycles. The summed E-state index contributed by atoms with van der Waals surface area (Å²) in [6.07, 6.45) is 3.35. The van der Waals surface area contributed by atoms with Crippen molar-refractivity contribution in [3.63, 3.8) is 0 Å². The zero-order chi connectivity index (χ0) is 14.0. The van der Waals surface area contributed by atoms with Gasteiger partial charge in [-0.1, -0.05) is 12.5 Å². The second-order valence-electron chi connectivity index (χ2n) is 5.19. The van der Waals surface area contributed by atoms with Crippen molar-refractivity contribution in [3.05, 3.63) is 29.3 Å². The molecule has 4 nitrogen and oxygen atoms in total. The van der Waals surface area contributed by atoms with Crippen LogP contribution in [0.3, 0.4) is 0 Å². The summed E-state index contributed by atoms with van der Waals surface area (Å²) in [6.45, 7) is 3.65. The van der Waals surface area contributed by atoms with E-state index in [0.29, 0.717) is 17.0 Å². The van der Waals surface area contributed by atoms with E-state index in [9.17, 15) is 8.42 Å². The summed E-state index contributed by atoms with van der Waals surface area (Å²) in [6, 6.07) is 6.65. The molecule has 0 bridgehead atoms. The molecule has 0 aliphatic heterocycles. The number of nitriles is 1. The lowest BCUT2D eigenvalue weighted by atomic mass is 9.81. The average molecular weight is 278 g/mol. The third kappa shape index (κ3) is 2.96. The van der Waals surface area contributed by atoms with Gasteiger partial charge >= 0.3 is 0 Å². The number of aryl methyl sites for hydroxylation is 1. The molecule has 0 saturated heterocycles. The fourth-order valence-corrected chi connectivity index (χ4v) is 3.89. The Morgan fingerprint density at radius 2 is 2.11 bits per heavy atom. The summed E-state index contributed by atoms with van der Waals surface area (Å²) in [7, 11) is -3.55. The fraction of sp³-hybridized carbons (Fsp3) is 0.500. The molecule has 1 aromatic rings. The van der Waals surface area contributed by atoms with Gasteiger partial charge in [-0.25, -0.2) is 13.1 Å². The van der Waals surface area contributed by atoms with Crippen LogP contribution in [0.4, 0.5) is 0 Å². The lowest BCUT2D eigenvalue weighted by Gasteiger charge is -2.31. The Hall–Kier alpha value is -1.38. The number of sulfonamides is 1. The highest BCUT2D eigenvalue weighted by molar-refractivity contribution is 7.89. The molecule has 1 N–H and O–H groups in total. The van der Waals surface area contributed by atoms with Crippen molar-refractivity contribution in [1.29, 1.82) is 5.26 Å². The number of rotatable bonds is 4. The Morgan fingerprint density at radius 3 is 2.63 bits per heavy atom. The van der Waals surface area contributed by atoms with Crippen LogP contribution in [0.5, 0.6) is 0 Å². The number of nitrogens with zero attached hydrogens (tertiary/aromatic N) is 1. The molecule has 1 unspecified atom stereocenters. The predicted octanol–water partition coefficient (Wildman–Crippen LogP) is 2.33. The van der Waals surface area contributed by atoms with Gasteiger partial charge in [0.15, 0.2) is 0 Å². The molecule has 0 heterocycles. The molecule has 1 aliphatic rings. The first-order valence-corrected chi connectivity index (χ1v) is 7.95. The summed E-state index contributed by atoms with van der Waals surface area (Å²) in [4.78, 5) is 0.206. The molecule has 1 aliphatic carbocycles. The molecule has 102 valence electrons. The third-order valence-corrected chi connectivity index (χ3v) is 5.51. The quantitative estimate of drug-likeness (QED) is 0.919. The maximum absolute atomic E-state index is 12.4. The number of nitrogens with one attached hydrogen (secondary N) is 1. The summed E-state index contributed by atoms with van der Waals surface area (Å²) in [5.41, 5.74) is 1.02. The lowest BCUT2D eigenvalue weighted by Crippen LogP contribution is -2.40. The summed E-state index contributed by atoms with van der Waals surface area (Å²) in [5, 5.41) is 8.87. The topological polar surface area (TPSA) is 70.0 Å². The van der Waals surface area contributed by atoms with E-state index in [-0.39, 0.29) is 10.9 Å². The lowest BCUT2D eigenvalue weighted by molar-refractivity contribution is 0.260. The molecule has 1 atom stereocenters. The Morgan fingerprint density at radius 1 is 1.42 bits per heavy atom. The van der Waals surface area contributed by atoms with Crippen LogP contribution < -0.4 is 4.72 Å². The number of benzene rings is 1. The maximum Gasteiger partial charge on any atom is 0.241 e. The molecule has 1 saturated carbocycles. The molecule has 2 rings (SSSR count). The summed E-state index contributed by atoms with van der Waals surface area (Å²) >= 11 is 0. The van der Waals surface area contributed by atoms with Crippen LogP contribution in [0.15, 0.2) is 23.1 Å². The standard InChI is InChI=1S/C14H18N2O2S/c1-10-6-7-12(9-15)8-14(10)19(17,18)16-11(2)13-4-3-5-13/h6-8,11,13,16H,3-5H2,1-2H3. The largest absolute Gasteiger partial charge is 0.241 e. The van der Waals surface area contributed by atoms with Crippen molar-refractivity contribution in [2.24, 2.45) is 5.92 Å². The average Bonchev–Trinajstić information content (AvgIpc) is 2.26. The van der Waals surface area contributed by atoms with Crippen molar-refractivity contribution in [2.45, 2.75) is 44.0 Å². The van der Waals surface area contributed by atoms with E-state index in [0.717, 1.165) is 12.8 Å². The number of hydrogen-bond donors (Lipinski definition) is 1.